The van der Waals surface area contributed by atoms with Crippen LogP contribution >= 0.6 is 11.8 Å². The number of aromatic nitrogens is 1. The fourth-order valence-corrected chi connectivity index (χ4v) is 3.57. The number of hydrogen-bond acceptors (Lipinski definition) is 6. The quantitative estimate of drug-likeness (QED) is 0.763. The van der Waals surface area contributed by atoms with Gasteiger partial charge in [-0.2, -0.15) is 13.2 Å². The number of thioether (sulfide) groups is 1. The van der Waals surface area contributed by atoms with Crippen LogP contribution in [0.2, 0.25) is 0 Å². The highest BCUT2D eigenvalue weighted by Crippen LogP contribution is 2.37. The molecule has 0 unspecified atom stereocenters. The maximum absolute atomic E-state index is 14.3. The predicted molar refractivity (Wildman–Crippen MR) is 91.9 cm³/mol. The third-order valence-electron chi connectivity index (χ3n) is 3.98. The molecule has 27 heavy (non-hydrogen) atoms. The molecule has 1 atom stereocenters. The SMILES string of the molecule is C[C@@]1(c2cc(NC(=O)c3coc(C(F)(F)F)n3)ccc2F)CCSC(N)=N1. The molecule has 1 aliphatic heterocycles. The first-order chi connectivity index (χ1) is 12.6. The molecule has 144 valence electrons. The van der Waals surface area contributed by atoms with E-state index in [1.807, 2.05) is 0 Å². The Kier molecular flexibility index (Phi) is 4.89. The number of alkyl halides is 3. The lowest BCUT2D eigenvalue weighted by atomic mass is 9.89. The normalized spacial score (nSPS) is 20.3. The van der Waals surface area contributed by atoms with Crippen molar-refractivity contribution < 1.29 is 26.8 Å². The minimum Gasteiger partial charge on any atom is -0.441 e. The summed E-state index contributed by atoms with van der Waals surface area (Å²) in [4.78, 5) is 19.5. The second-order valence-electron chi connectivity index (χ2n) is 6.01. The van der Waals surface area contributed by atoms with E-state index in [2.05, 4.69) is 19.7 Å². The highest BCUT2D eigenvalue weighted by molar-refractivity contribution is 8.13. The third-order valence-corrected chi connectivity index (χ3v) is 4.77. The van der Waals surface area contributed by atoms with Crippen LogP contribution in [0.5, 0.6) is 0 Å². The van der Waals surface area contributed by atoms with Gasteiger partial charge in [0.05, 0.1) is 5.54 Å². The van der Waals surface area contributed by atoms with E-state index in [-0.39, 0.29) is 11.3 Å². The van der Waals surface area contributed by atoms with E-state index >= 15 is 0 Å². The molecule has 2 aromatic rings. The standard InChI is InChI=1S/C16H14F4N4O2S/c1-15(4-5-27-14(21)24-15)9-6-8(2-3-10(9)17)22-12(25)11-7-26-13(23-11)16(18,19)20/h2-3,6-7H,4-5H2,1H3,(H2,21,24)(H,22,25)/t15-/m0/s1. The number of nitrogens with one attached hydrogen (secondary N) is 1. The zero-order chi connectivity index (χ0) is 19.8. The predicted octanol–water partition coefficient (Wildman–Crippen LogP) is 3.75. The molecular weight excluding hydrogens is 388 g/mol. The van der Waals surface area contributed by atoms with Crippen LogP contribution in [-0.4, -0.2) is 21.8 Å². The number of anilines is 1. The molecule has 0 spiro atoms. The maximum atomic E-state index is 14.3. The summed E-state index contributed by atoms with van der Waals surface area (Å²) < 4.78 is 56.1. The molecule has 3 rings (SSSR count). The van der Waals surface area contributed by atoms with E-state index in [0.717, 1.165) is 6.07 Å². The Hall–Kier alpha value is -2.56. The van der Waals surface area contributed by atoms with Gasteiger partial charge in [-0.15, -0.1) is 0 Å². The van der Waals surface area contributed by atoms with Crippen molar-refractivity contribution in [2.24, 2.45) is 10.7 Å². The van der Waals surface area contributed by atoms with Gasteiger partial charge in [-0.05, 0) is 31.5 Å². The molecule has 0 radical (unpaired) electrons. The molecule has 6 nitrogen and oxygen atoms in total. The number of carbonyl (C=O) groups excluding carboxylic acids is 1. The van der Waals surface area contributed by atoms with Crippen LogP contribution in [0.1, 0.15) is 35.3 Å². The highest BCUT2D eigenvalue weighted by Gasteiger charge is 2.38. The van der Waals surface area contributed by atoms with E-state index < -0.39 is 35.0 Å². The maximum Gasteiger partial charge on any atom is 0.468 e. The number of carbonyl (C=O) groups is 1. The number of hydrogen-bond donors (Lipinski definition) is 2. The lowest BCUT2D eigenvalue weighted by Crippen LogP contribution is -2.29. The number of halogens is 4. The number of amidine groups is 1. The Bertz CT molecular complexity index is 912. The van der Waals surface area contributed by atoms with Crippen LogP contribution in [-0.2, 0) is 11.7 Å². The first kappa shape index (κ1) is 19.2. The molecule has 0 bridgehead atoms. The smallest absolute Gasteiger partial charge is 0.441 e. The van der Waals surface area contributed by atoms with Crippen molar-refractivity contribution in [1.82, 2.24) is 4.98 Å². The topological polar surface area (TPSA) is 93.5 Å². The lowest BCUT2D eigenvalue weighted by molar-refractivity contribution is -0.157. The number of amides is 1. The number of nitrogens with two attached hydrogens (primary N) is 1. The molecule has 0 saturated carbocycles. The van der Waals surface area contributed by atoms with Gasteiger partial charge in [0.2, 0.25) is 0 Å². The van der Waals surface area contributed by atoms with E-state index in [1.165, 1.54) is 23.9 Å². The minimum absolute atomic E-state index is 0.182. The summed E-state index contributed by atoms with van der Waals surface area (Å²) in [6, 6.07) is 3.81. The van der Waals surface area contributed by atoms with Crippen molar-refractivity contribution in [3.8, 4) is 0 Å². The van der Waals surface area contributed by atoms with Crippen molar-refractivity contribution in [3.63, 3.8) is 0 Å². The van der Waals surface area contributed by atoms with Crippen molar-refractivity contribution in [2.75, 3.05) is 11.1 Å². The summed E-state index contributed by atoms with van der Waals surface area (Å²) in [7, 11) is 0. The van der Waals surface area contributed by atoms with Gasteiger partial charge >= 0.3 is 12.1 Å². The number of oxazole rings is 1. The Balaban J connectivity index is 1.85. The van der Waals surface area contributed by atoms with Gasteiger partial charge in [0.15, 0.2) is 10.9 Å². The summed E-state index contributed by atoms with van der Waals surface area (Å²) in [6.45, 7) is 1.72. The number of aliphatic imine (C=N–C) groups is 1. The fourth-order valence-electron chi connectivity index (χ4n) is 2.60. The van der Waals surface area contributed by atoms with E-state index in [0.29, 0.717) is 23.6 Å². The minimum atomic E-state index is -4.80. The average molecular weight is 402 g/mol. The summed E-state index contributed by atoms with van der Waals surface area (Å²) in [5, 5.41) is 2.71. The number of rotatable bonds is 3. The van der Waals surface area contributed by atoms with Crippen molar-refractivity contribution in [2.45, 2.75) is 25.1 Å². The summed E-state index contributed by atoms with van der Waals surface area (Å²) in [6.07, 6.45) is -3.66. The molecule has 1 amide bonds. The van der Waals surface area contributed by atoms with Gasteiger partial charge in [0.25, 0.3) is 5.91 Å². The molecule has 1 aromatic carbocycles. The van der Waals surface area contributed by atoms with Gasteiger partial charge < -0.3 is 15.5 Å². The van der Waals surface area contributed by atoms with Crippen molar-refractivity contribution >= 4 is 28.5 Å². The molecule has 0 saturated heterocycles. The molecule has 3 N–H and O–H groups in total. The van der Waals surface area contributed by atoms with Crippen molar-refractivity contribution in [3.05, 3.63) is 47.4 Å². The second-order valence-corrected chi connectivity index (χ2v) is 7.12. The molecule has 1 aliphatic rings. The van der Waals surface area contributed by atoms with Crippen LogP contribution in [0, 0.1) is 5.82 Å². The number of benzene rings is 1. The highest BCUT2D eigenvalue weighted by atomic mass is 32.2. The van der Waals surface area contributed by atoms with Crippen LogP contribution in [0.25, 0.3) is 0 Å². The molecule has 1 aromatic heterocycles. The van der Waals surface area contributed by atoms with Gasteiger partial charge in [-0.3, -0.25) is 9.79 Å². The van der Waals surface area contributed by atoms with Crippen molar-refractivity contribution in [1.29, 1.82) is 0 Å². The van der Waals surface area contributed by atoms with E-state index in [9.17, 15) is 22.4 Å². The zero-order valence-electron chi connectivity index (χ0n) is 13.9. The van der Waals surface area contributed by atoms with Gasteiger partial charge in [-0.1, -0.05) is 11.8 Å². The van der Waals surface area contributed by atoms with Crippen LogP contribution < -0.4 is 11.1 Å². The van der Waals surface area contributed by atoms with E-state index in [4.69, 9.17) is 5.73 Å². The third kappa shape index (κ3) is 4.07. The monoisotopic (exact) mass is 402 g/mol. The molecule has 0 aliphatic carbocycles. The molecule has 2 heterocycles. The average Bonchev–Trinajstić information content (AvgIpc) is 3.07. The second kappa shape index (κ2) is 6.87. The largest absolute Gasteiger partial charge is 0.468 e. The Labute approximate surface area is 155 Å². The lowest BCUT2D eigenvalue weighted by Gasteiger charge is -2.30. The Morgan fingerprint density at radius 2 is 2.15 bits per heavy atom. The van der Waals surface area contributed by atoms with Crippen LogP contribution in [0.15, 0.2) is 33.9 Å². The fraction of sp³-hybridized carbons (Fsp3) is 0.312. The molecular formula is C16H14F4N4O2S. The Morgan fingerprint density at radius 1 is 1.41 bits per heavy atom. The molecule has 11 heteroatoms. The van der Waals surface area contributed by atoms with Gasteiger partial charge in [0, 0.05) is 17.0 Å². The zero-order valence-corrected chi connectivity index (χ0v) is 14.7. The summed E-state index contributed by atoms with van der Waals surface area (Å²) in [5.41, 5.74) is 4.69. The van der Waals surface area contributed by atoms with Gasteiger partial charge in [0.1, 0.15) is 12.1 Å². The number of nitrogens with zero attached hydrogens (tertiary/aromatic N) is 2. The van der Waals surface area contributed by atoms with Crippen LogP contribution in [0.3, 0.4) is 0 Å². The van der Waals surface area contributed by atoms with E-state index in [1.54, 1.807) is 6.92 Å². The Morgan fingerprint density at radius 3 is 2.78 bits per heavy atom. The van der Waals surface area contributed by atoms with Gasteiger partial charge in [-0.25, -0.2) is 9.37 Å². The summed E-state index contributed by atoms with van der Waals surface area (Å²) in [5.74, 6) is -2.32. The first-order valence-corrected chi connectivity index (χ1v) is 8.69. The van der Waals surface area contributed by atoms with Crippen LogP contribution in [0.4, 0.5) is 23.2 Å². The first-order valence-electron chi connectivity index (χ1n) is 7.71. The summed E-state index contributed by atoms with van der Waals surface area (Å²) >= 11 is 1.36. The molecule has 0 fully saturated rings.